The Labute approximate surface area is 271 Å². The first-order valence-corrected chi connectivity index (χ1v) is 15.2. The maximum absolute atomic E-state index is 14.5. The molecule has 12 nitrogen and oxygen atoms in total. The second-order valence-electron chi connectivity index (χ2n) is 10.7. The second-order valence-corrected chi connectivity index (χ2v) is 12.5. The van der Waals surface area contributed by atoms with Gasteiger partial charge in [-0.25, -0.2) is 17.9 Å². The largest absolute Gasteiger partial charge is 0.394 e. The average molecular weight is 763 g/mol. The molecule has 242 valence electrons. The zero-order chi connectivity index (χ0) is 32.7. The van der Waals surface area contributed by atoms with Crippen LogP contribution in [0.25, 0.3) is 11.3 Å². The van der Waals surface area contributed by atoms with Gasteiger partial charge in [-0.3, -0.25) is 9.59 Å². The summed E-state index contributed by atoms with van der Waals surface area (Å²) in [5, 5.41) is 40.3. The summed E-state index contributed by atoms with van der Waals surface area (Å²) in [5.41, 5.74) is 0.112. The van der Waals surface area contributed by atoms with E-state index in [1.807, 2.05) is 0 Å². The van der Waals surface area contributed by atoms with Crippen LogP contribution in [-0.4, -0.2) is 110 Å². The maximum atomic E-state index is 14.5. The molecule has 45 heavy (non-hydrogen) atoms. The van der Waals surface area contributed by atoms with Crippen molar-refractivity contribution in [1.29, 1.82) is 0 Å². The van der Waals surface area contributed by atoms with E-state index in [0.717, 1.165) is 16.8 Å². The summed E-state index contributed by atoms with van der Waals surface area (Å²) in [6, 6.07) is 4.33. The third-order valence-electron chi connectivity index (χ3n) is 7.88. The first kappa shape index (κ1) is 33.4. The summed E-state index contributed by atoms with van der Waals surface area (Å²) >= 11 is 6.82. The van der Waals surface area contributed by atoms with Gasteiger partial charge < -0.3 is 34.6 Å². The molecule has 3 aromatic rings. The fraction of sp³-hybridized carbons (Fsp3) is 0.429. The van der Waals surface area contributed by atoms with Gasteiger partial charge in [-0.2, -0.15) is 0 Å². The summed E-state index contributed by atoms with van der Waals surface area (Å²) in [7, 11) is 1.26. The van der Waals surface area contributed by atoms with Gasteiger partial charge in [0.15, 0.2) is 23.6 Å². The van der Waals surface area contributed by atoms with Crippen LogP contribution in [0.3, 0.4) is 0 Å². The lowest BCUT2D eigenvalue weighted by Crippen LogP contribution is -2.63. The molecule has 2 aromatic carbocycles. The minimum Gasteiger partial charge on any atom is -0.394 e. The first-order chi connectivity index (χ1) is 21.3. The summed E-state index contributed by atoms with van der Waals surface area (Å²) in [4.78, 5) is 29.4. The molecule has 3 N–H and O–H groups in total. The third kappa shape index (κ3) is 6.52. The van der Waals surface area contributed by atoms with Crippen molar-refractivity contribution in [3.05, 3.63) is 62.9 Å². The molecule has 1 aromatic heterocycles. The molecular formula is C28H28Br2F3N5O7. The molecule has 0 aliphatic carbocycles. The van der Waals surface area contributed by atoms with Crippen molar-refractivity contribution in [2.24, 2.45) is 0 Å². The zero-order valence-electron chi connectivity index (χ0n) is 23.7. The molecule has 2 aliphatic rings. The summed E-state index contributed by atoms with van der Waals surface area (Å²) < 4.78 is 55.3. The Morgan fingerprint density at radius 3 is 2.29 bits per heavy atom. The smallest absolute Gasteiger partial charge is 0.259 e. The topological polar surface area (TPSA) is 150 Å². The quantitative estimate of drug-likeness (QED) is 0.308. The number of ether oxygens (including phenoxy) is 2. The van der Waals surface area contributed by atoms with E-state index in [-0.39, 0.29) is 30.3 Å². The van der Waals surface area contributed by atoms with Crippen molar-refractivity contribution < 1.29 is 47.6 Å². The number of carbonyl (C=O) groups is 2. The van der Waals surface area contributed by atoms with Gasteiger partial charge in [0.2, 0.25) is 5.91 Å². The summed E-state index contributed by atoms with van der Waals surface area (Å²) in [6.07, 6.45) is -5.55. The molecule has 5 unspecified atom stereocenters. The number of carbonyl (C=O) groups excluding carboxylic acids is 2. The van der Waals surface area contributed by atoms with Gasteiger partial charge in [-0.05, 0) is 30.3 Å². The SMILES string of the molecule is COC1C(C(=O)N(c2cc(Br)cc(Br)c2)[C@@H]2CN(C(C)=O)C[C@H]2O)OC(CO)C(O)C1n1cc(-c2cc(F)c(F)c(F)c2)nn1. The maximum Gasteiger partial charge on any atom is 0.259 e. The molecule has 7 atom stereocenters. The number of hydrogen-bond acceptors (Lipinski definition) is 9. The van der Waals surface area contributed by atoms with Crippen molar-refractivity contribution in [1.82, 2.24) is 19.9 Å². The van der Waals surface area contributed by atoms with E-state index >= 15 is 0 Å². The minimum atomic E-state index is -1.65. The number of nitrogens with zero attached hydrogens (tertiary/aromatic N) is 5. The number of aliphatic hydroxyl groups excluding tert-OH is 3. The molecule has 17 heteroatoms. The van der Waals surface area contributed by atoms with Crippen molar-refractivity contribution >= 4 is 49.4 Å². The Hall–Kier alpha value is -2.93. The molecular weight excluding hydrogens is 735 g/mol. The van der Waals surface area contributed by atoms with Crippen LogP contribution in [-0.2, 0) is 19.1 Å². The summed E-state index contributed by atoms with van der Waals surface area (Å²) in [6.45, 7) is 0.607. The Kier molecular flexibility index (Phi) is 9.98. The number of anilines is 1. The molecule has 0 spiro atoms. The van der Waals surface area contributed by atoms with Crippen LogP contribution >= 0.6 is 31.9 Å². The predicted molar refractivity (Wildman–Crippen MR) is 158 cm³/mol. The van der Waals surface area contributed by atoms with Crippen molar-refractivity contribution in [2.45, 2.75) is 49.5 Å². The number of rotatable bonds is 7. The molecule has 0 radical (unpaired) electrons. The second kappa shape index (κ2) is 13.4. The lowest BCUT2D eigenvalue weighted by Gasteiger charge is -2.45. The average Bonchev–Trinajstić information content (AvgIpc) is 3.62. The standard InChI is InChI=1S/C28H28Br2F3N5O7/c1-12(40)36-9-20(21(41)10-36)38(16-6-14(29)5-15(30)7-16)28(43)27-26(44-2)24(25(42)22(11-39)45-27)37-8-19(34-35-37)13-3-17(31)23(33)18(32)4-13/h3-8,20-22,24-27,39,41-42H,9-11H2,1-2H3/t20-,21-,22?,24?,25?,26?,27?/m1/s1. The summed E-state index contributed by atoms with van der Waals surface area (Å²) in [5.74, 6) is -5.56. The highest BCUT2D eigenvalue weighted by Crippen LogP contribution is 2.37. The minimum absolute atomic E-state index is 0.00342. The fourth-order valence-corrected chi connectivity index (χ4v) is 6.96. The number of amides is 2. The highest BCUT2D eigenvalue weighted by molar-refractivity contribution is 9.11. The normalized spacial score (nSPS) is 26.7. The number of aliphatic hydroxyl groups is 3. The Morgan fingerprint density at radius 1 is 1.09 bits per heavy atom. The van der Waals surface area contributed by atoms with Gasteiger partial charge in [-0.15, -0.1) is 5.10 Å². The van der Waals surface area contributed by atoms with E-state index in [9.17, 15) is 38.1 Å². The lowest BCUT2D eigenvalue weighted by molar-refractivity contribution is -0.211. The van der Waals surface area contributed by atoms with Gasteiger partial charge in [0.05, 0.1) is 24.9 Å². The molecule has 2 amide bonds. The fourth-order valence-electron chi connectivity index (χ4n) is 5.70. The number of hydrogen-bond donors (Lipinski definition) is 3. The van der Waals surface area contributed by atoms with Crippen molar-refractivity contribution in [2.75, 3.05) is 31.7 Å². The number of likely N-dealkylation sites (tertiary alicyclic amines) is 1. The highest BCUT2D eigenvalue weighted by atomic mass is 79.9. The van der Waals surface area contributed by atoms with Crippen LogP contribution < -0.4 is 4.90 Å². The molecule has 0 bridgehead atoms. The van der Waals surface area contributed by atoms with E-state index < -0.39 is 72.6 Å². The van der Waals surface area contributed by atoms with Crippen LogP contribution in [0.15, 0.2) is 45.5 Å². The molecule has 2 aliphatic heterocycles. The van der Waals surface area contributed by atoms with E-state index in [4.69, 9.17) is 9.47 Å². The molecule has 3 heterocycles. The molecule has 2 saturated heterocycles. The van der Waals surface area contributed by atoms with Crippen LogP contribution in [0.5, 0.6) is 0 Å². The van der Waals surface area contributed by atoms with Gasteiger partial charge in [0.1, 0.15) is 30.0 Å². The monoisotopic (exact) mass is 761 g/mol. The van der Waals surface area contributed by atoms with Gasteiger partial charge in [-0.1, -0.05) is 37.1 Å². The Morgan fingerprint density at radius 2 is 1.73 bits per heavy atom. The van der Waals surface area contributed by atoms with Gasteiger partial charge in [0, 0.05) is 47.3 Å². The highest BCUT2D eigenvalue weighted by Gasteiger charge is 2.52. The number of β-amino-alcohol motifs (C(OH)–C–C–N with tert-alkyl or cyclic N) is 1. The predicted octanol–water partition coefficient (Wildman–Crippen LogP) is 2.19. The van der Waals surface area contributed by atoms with Gasteiger partial charge >= 0.3 is 0 Å². The number of benzene rings is 2. The van der Waals surface area contributed by atoms with Crippen molar-refractivity contribution in [3.8, 4) is 11.3 Å². The van der Waals surface area contributed by atoms with Crippen LogP contribution in [0, 0.1) is 17.5 Å². The zero-order valence-corrected chi connectivity index (χ0v) is 26.9. The van der Waals surface area contributed by atoms with Crippen LogP contribution in [0.2, 0.25) is 0 Å². The van der Waals surface area contributed by atoms with E-state index in [2.05, 4.69) is 42.2 Å². The Balaban J connectivity index is 1.56. The van der Waals surface area contributed by atoms with Crippen molar-refractivity contribution in [3.63, 3.8) is 0 Å². The van der Waals surface area contributed by atoms with E-state index in [1.165, 1.54) is 30.0 Å². The number of aromatic nitrogens is 3. The lowest BCUT2D eigenvalue weighted by atomic mass is 9.91. The molecule has 5 rings (SSSR count). The third-order valence-corrected chi connectivity index (χ3v) is 8.79. The first-order valence-electron chi connectivity index (χ1n) is 13.6. The number of methoxy groups -OCH3 is 1. The van der Waals surface area contributed by atoms with E-state index in [0.29, 0.717) is 14.6 Å². The van der Waals surface area contributed by atoms with E-state index in [1.54, 1.807) is 18.2 Å². The van der Waals surface area contributed by atoms with Crippen LogP contribution in [0.4, 0.5) is 18.9 Å². The van der Waals surface area contributed by atoms with Crippen LogP contribution in [0.1, 0.15) is 13.0 Å². The number of halogens is 5. The Bertz CT molecular complexity index is 1560. The molecule has 2 fully saturated rings. The van der Waals surface area contributed by atoms with Gasteiger partial charge in [0.25, 0.3) is 5.91 Å². The molecule has 0 saturated carbocycles.